The zero-order valence-corrected chi connectivity index (χ0v) is 38.2. The number of unbranched alkanes of at least 4 members (excludes halogenated alkanes) is 27. The molecule has 0 aliphatic carbocycles. The molecule has 0 saturated carbocycles. The van der Waals surface area contributed by atoms with Crippen LogP contribution in [0.25, 0.3) is 0 Å². The lowest BCUT2D eigenvalue weighted by Crippen LogP contribution is -2.37. The topological polar surface area (TPSA) is 111 Å². The maximum atomic E-state index is 12.7. The van der Waals surface area contributed by atoms with Crippen molar-refractivity contribution in [3.05, 3.63) is 12.2 Å². The summed E-state index contributed by atoms with van der Waals surface area (Å²) in [5.74, 6) is -0.834. The lowest BCUT2D eigenvalue weighted by atomic mass is 10.0. The van der Waals surface area contributed by atoms with Gasteiger partial charge in [-0.2, -0.15) is 0 Å². The van der Waals surface area contributed by atoms with Crippen molar-refractivity contribution in [1.82, 2.24) is 0 Å². The molecular weight excluding hydrogens is 725 g/mol. The highest BCUT2D eigenvalue weighted by Gasteiger charge is 2.21. The third kappa shape index (κ3) is 42.4. The zero-order chi connectivity index (χ0) is 41.4. The minimum Gasteiger partial charge on any atom is -0.756 e. The summed E-state index contributed by atoms with van der Waals surface area (Å²) in [7, 11) is 1.17. The molecule has 0 aromatic carbocycles. The van der Waals surface area contributed by atoms with Crippen molar-refractivity contribution in [2.45, 2.75) is 225 Å². The first-order chi connectivity index (χ1) is 27.0. The highest BCUT2D eigenvalue weighted by atomic mass is 31.2. The van der Waals surface area contributed by atoms with Crippen LogP contribution in [0.3, 0.4) is 0 Å². The number of rotatable bonds is 43. The summed E-state index contributed by atoms with van der Waals surface area (Å²) in [6, 6.07) is 0. The molecule has 0 aromatic rings. The summed E-state index contributed by atoms with van der Waals surface area (Å²) in [5, 5.41) is 0. The van der Waals surface area contributed by atoms with Gasteiger partial charge in [0.25, 0.3) is 7.82 Å². The minimum atomic E-state index is -4.62. The van der Waals surface area contributed by atoms with Crippen LogP contribution < -0.4 is 4.89 Å². The summed E-state index contributed by atoms with van der Waals surface area (Å²) in [5.41, 5.74) is 0. The van der Waals surface area contributed by atoms with Gasteiger partial charge >= 0.3 is 11.9 Å². The van der Waals surface area contributed by atoms with Gasteiger partial charge in [0.2, 0.25) is 0 Å². The van der Waals surface area contributed by atoms with Gasteiger partial charge in [-0.3, -0.25) is 14.2 Å². The number of quaternary nitrogens is 1. The second kappa shape index (κ2) is 39.2. The molecule has 2 atom stereocenters. The number of carbonyl (C=O) groups excluding carboxylic acids is 2. The molecule has 0 rings (SSSR count). The summed E-state index contributed by atoms with van der Waals surface area (Å²) >= 11 is 0. The van der Waals surface area contributed by atoms with Crippen LogP contribution in [0, 0.1) is 0 Å². The second-order valence-corrected chi connectivity index (χ2v) is 18.5. The first kappa shape index (κ1) is 54.8. The quantitative estimate of drug-likeness (QED) is 0.0197. The summed E-state index contributed by atoms with van der Waals surface area (Å²) in [6.45, 7) is 4.22. The van der Waals surface area contributed by atoms with E-state index in [0.29, 0.717) is 17.4 Å². The minimum absolute atomic E-state index is 0.0289. The zero-order valence-electron chi connectivity index (χ0n) is 37.3. The van der Waals surface area contributed by atoms with Gasteiger partial charge in [0.05, 0.1) is 27.7 Å². The van der Waals surface area contributed by atoms with Gasteiger partial charge in [0.15, 0.2) is 6.10 Å². The number of phosphoric acid groups is 1. The van der Waals surface area contributed by atoms with Gasteiger partial charge < -0.3 is 27.9 Å². The molecule has 0 bridgehead atoms. The highest BCUT2D eigenvalue weighted by molar-refractivity contribution is 7.45. The number of hydrogen-bond acceptors (Lipinski definition) is 8. The van der Waals surface area contributed by atoms with Gasteiger partial charge in [-0.05, 0) is 38.5 Å². The largest absolute Gasteiger partial charge is 0.756 e. The van der Waals surface area contributed by atoms with Gasteiger partial charge in [-0.1, -0.05) is 180 Å². The van der Waals surface area contributed by atoms with Crippen LogP contribution in [-0.4, -0.2) is 70.0 Å². The Kier molecular flexibility index (Phi) is 38.3. The number of carbonyl (C=O) groups is 2. The first-order valence-electron chi connectivity index (χ1n) is 23.4. The molecule has 0 N–H and O–H groups in total. The van der Waals surface area contributed by atoms with Crippen LogP contribution in [0.1, 0.15) is 219 Å². The lowest BCUT2D eigenvalue weighted by Gasteiger charge is -2.28. The Balaban J connectivity index is 4.24. The number of nitrogens with zero attached hydrogens (tertiary/aromatic N) is 1. The fourth-order valence-electron chi connectivity index (χ4n) is 6.59. The number of esters is 2. The van der Waals surface area contributed by atoms with Crippen LogP contribution >= 0.6 is 7.82 Å². The Morgan fingerprint density at radius 1 is 0.536 bits per heavy atom. The van der Waals surface area contributed by atoms with E-state index in [1.54, 1.807) is 0 Å². The fourth-order valence-corrected chi connectivity index (χ4v) is 7.32. The van der Waals surface area contributed by atoms with E-state index < -0.39 is 26.5 Å². The van der Waals surface area contributed by atoms with Gasteiger partial charge in [0.1, 0.15) is 19.8 Å². The van der Waals surface area contributed by atoms with Crippen molar-refractivity contribution in [3.63, 3.8) is 0 Å². The molecule has 0 aliphatic rings. The van der Waals surface area contributed by atoms with E-state index in [-0.39, 0.29) is 32.0 Å². The van der Waals surface area contributed by atoms with Gasteiger partial charge in [-0.25, -0.2) is 0 Å². The average molecular weight is 816 g/mol. The molecule has 10 heteroatoms. The van der Waals surface area contributed by atoms with Crippen molar-refractivity contribution in [1.29, 1.82) is 0 Å². The van der Waals surface area contributed by atoms with Gasteiger partial charge in [-0.15, -0.1) is 0 Å². The summed E-state index contributed by atoms with van der Waals surface area (Å²) in [4.78, 5) is 37.5. The average Bonchev–Trinajstić information content (AvgIpc) is 3.15. The standard InChI is InChI=1S/C46H90NO8P/c1-6-8-10-12-14-16-18-20-21-22-23-24-25-26-27-29-31-33-35-37-39-46(49)55-44(43-54-56(50,51)53-41-40-47(3,4)5)42-52-45(48)38-36-34-32-30-28-19-17-15-13-11-9-7-2/h15,17,44H,6-14,16,18-43H2,1-5H3/b17-15+/t44-/m1/s1. The monoisotopic (exact) mass is 816 g/mol. The third-order valence-electron chi connectivity index (χ3n) is 10.3. The predicted molar refractivity (Wildman–Crippen MR) is 231 cm³/mol. The normalized spacial score (nSPS) is 13.6. The van der Waals surface area contributed by atoms with E-state index in [0.717, 1.165) is 51.4 Å². The van der Waals surface area contributed by atoms with E-state index in [4.69, 9.17) is 18.5 Å². The third-order valence-corrected chi connectivity index (χ3v) is 11.2. The van der Waals surface area contributed by atoms with Crippen molar-refractivity contribution in [3.8, 4) is 0 Å². The van der Waals surface area contributed by atoms with Crippen LogP contribution in [0.15, 0.2) is 12.2 Å². The molecular formula is C46H90NO8P. The molecule has 9 nitrogen and oxygen atoms in total. The van der Waals surface area contributed by atoms with Crippen molar-refractivity contribution in [2.24, 2.45) is 0 Å². The smallest absolute Gasteiger partial charge is 0.306 e. The fraction of sp³-hybridized carbons (Fsp3) is 0.913. The molecule has 0 aliphatic heterocycles. The Morgan fingerprint density at radius 3 is 1.36 bits per heavy atom. The molecule has 56 heavy (non-hydrogen) atoms. The molecule has 0 radical (unpaired) electrons. The van der Waals surface area contributed by atoms with Crippen molar-refractivity contribution < 1.29 is 42.1 Å². The van der Waals surface area contributed by atoms with Crippen LogP contribution in [-0.2, 0) is 32.7 Å². The number of likely N-dealkylation sites (N-methyl/N-ethyl adjacent to an activating group) is 1. The van der Waals surface area contributed by atoms with E-state index >= 15 is 0 Å². The lowest BCUT2D eigenvalue weighted by molar-refractivity contribution is -0.870. The van der Waals surface area contributed by atoms with E-state index in [1.807, 2.05) is 21.1 Å². The number of allylic oxidation sites excluding steroid dienone is 2. The maximum Gasteiger partial charge on any atom is 0.306 e. The molecule has 332 valence electrons. The molecule has 0 amide bonds. The Bertz CT molecular complexity index is 969. The van der Waals surface area contributed by atoms with Gasteiger partial charge in [0, 0.05) is 12.8 Å². The first-order valence-corrected chi connectivity index (χ1v) is 24.9. The predicted octanol–water partition coefficient (Wildman–Crippen LogP) is 12.7. The van der Waals surface area contributed by atoms with Crippen LogP contribution in [0.5, 0.6) is 0 Å². The molecule has 0 saturated heterocycles. The number of hydrogen-bond donors (Lipinski definition) is 0. The number of phosphoric ester groups is 1. The van der Waals surface area contributed by atoms with E-state index in [1.165, 1.54) is 135 Å². The molecule has 0 heterocycles. The van der Waals surface area contributed by atoms with Crippen molar-refractivity contribution in [2.75, 3.05) is 47.5 Å². The molecule has 0 spiro atoms. The number of ether oxygens (including phenoxy) is 2. The second-order valence-electron chi connectivity index (χ2n) is 17.1. The SMILES string of the molecule is CCCCC/C=C/CCCCCCCC(=O)OC[C@H](COP(=O)([O-])OCC[N+](C)(C)C)OC(=O)CCCCCCCCCCCCCCCCCCCCCC. The van der Waals surface area contributed by atoms with Crippen molar-refractivity contribution >= 4 is 19.8 Å². The summed E-state index contributed by atoms with van der Waals surface area (Å²) in [6.07, 6.45) is 41.0. The molecule has 0 fully saturated rings. The molecule has 0 aromatic heterocycles. The van der Waals surface area contributed by atoms with E-state index in [9.17, 15) is 19.0 Å². The maximum absolute atomic E-state index is 12.7. The van der Waals surface area contributed by atoms with Crippen LogP contribution in [0.2, 0.25) is 0 Å². The van der Waals surface area contributed by atoms with E-state index in [2.05, 4.69) is 26.0 Å². The Morgan fingerprint density at radius 2 is 0.911 bits per heavy atom. The highest BCUT2D eigenvalue weighted by Crippen LogP contribution is 2.38. The summed E-state index contributed by atoms with van der Waals surface area (Å²) < 4.78 is 33.9. The Hall–Kier alpha value is -1.25. The Labute approximate surface area is 346 Å². The molecule has 1 unspecified atom stereocenters. The van der Waals surface area contributed by atoms with Crippen LogP contribution in [0.4, 0.5) is 0 Å².